The molecule has 1 aromatic rings. The minimum Gasteiger partial charge on any atom is -0.264 e. The fraction of sp³-hybridized carbons (Fsp3) is 0.0625. The summed E-state index contributed by atoms with van der Waals surface area (Å²) in [7, 11) is 0. The summed E-state index contributed by atoms with van der Waals surface area (Å²) >= 11 is 0. The fourth-order valence-corrected chi connectivity index (χ4v) is 1.46. The zero-order valence-electron chi connectivity index (χ0n) is 10.2. The van der Waals surface area contributed by atoms with Crippen LogP contribution in [0.15, 0.2) is 72.3 Å². The Balaban J connectivity index is 3.04. The van der Waals surface area contributed by atoms with Crippen LogP contribution < -0.4 is 0 Å². The Morgan fingerprint density at radius 2 is 1.94 bits per heavy atom. The summed E-state index contributed by atoms with van der Waals surface area (Å²) in [5.74, 6) is 0. The van der Waals surface area contributed by atoms with Gasteiger partial charge in [0.15, 0.2) is 0 Å². The minimum atomic E-state index is 0.859. The molecule has 1 heteroatoms. The molecular weight excluding hydrogens is 206 g/mol. The van der Waals surface area contributed by atoms with Gasteiger partial charge in [-0.1, -0.05) is 55.7 Å². The molecule has 17 heavy (non-hydrogen) atoms. The van der Waals surface area contributed by atoms with Crippen molar-refractivity contribution in [3.05, 3.63) is 72.9 Å². The van der Waals surface area contributed by atoms with Gasteiger partial charge in [-0.25, -0.2) is 0 Å². The molecule has 0 fully saturated rings. The highest BCUT2D eigenvalue weighted by Gasteiger charge is 2.04. The lowest BCUT2D eigenvalue weighted by Gasteiger charge is -2.08. The van der Waals surface area contributed by atoms with Crippen LogP contribution in [0.1, 0.15) is 12.5 Å². The van der Waals surface area contributed by atoms with Gasteiger partial charge in [0.2, 0.25) is 0 Å². The van der Waals surface area contributed by atoms with Crippen LogP contribution in [-0.4, -0.2) is 6.72 Å². The van der Waals surface area contributed by atoms with Crippen LogP contribution in [0.2, 0.25) is 0 Å². The van der Waals surface area contributed by atoms with Crippen LogP contribution in [0.5, 0.6) is 0 Å². The molecular formula is C16H17N. The number of rotatable bonds is 5. The van der Waals surface area contributed by atoms with Crippen molar-refractivity contribution in [3.63, 3.8) is 0 Å². The van der Waals surface area contributed by atoms with E-state index in [9.17, 15) is 0 Å². The van der Waals surface area contributed by atoms with Gasteiger partial charge >= 0.3 is 0 Å². The van der Waals surface area contributed by atoms with Gasteiger partial charge in [-0.15, -0.1) is 0 Å². The van der Waals surface area contributed by atoms with E-state index < -0.39 is 0 Å². The summed E-state index contributed by atoms with van der Waals surface area (Å²) in [5, 5.41) is 0. The molecule has 0 aliphatic heterocycles. The highest BCUT2D eigenvalue weighted by atomic mass is 14.7. The highest BCUT2D eigenvalue weighted by Crippen LogP contribution is 2.29. The van der Waals surface area contributed by atoms with E-state index in [1.165, 1.54) is 0 Å². The van der Waals surface area contributed by atoms with Crippen LogP contribution in [0.25, 0.3) is 5.57 Å². The first-order valence-electron chi connectivity index (χ1n) is 5.42. The van der Waals surface area contributed by atoms with Crippen molar-refractivity contribution in [2.75, 3.05) is 0 Å². The number of para-hydroxylation sites is 1. The Kier molecular flexibility index (Phi) is 4.89. The molecule has 0 bridgehead atoms. The Labute approximate surface area is 103 Å². The predicted molar refractivity (Wildman–Crippen MR) is 77.8 cm³/mol. The van der Waals surface area contributed by atoms with Gasteiger partial charge in [0.05, 0.1) is 5.69 Å². The van der Waals surface area contributed by atoms with Gasteiger partial charge in [0, 0.05) is 5.56 Å². The lowest BCUT2D eigenvalue weighted by molar-refractivity contribution is 1.46. The number of allylic oxidation sites excluding steroid dienone is 6. The molecule has 1 rings (SSSR count). The maximum Gasteiger partial charge on any atom is 0.0700 e. The van der Waals surface area contributed by atoms with Crippen LogP contribution in [-0.2, 0) is 0 Å². The Hall–Kier alpha value is -2.15. The summed E-state index contributed by atoms with van der Waals surface area (Å²) < 4.78 is 0. The van der Waals surface area contributed by atoms with Crippen LogP contribution in [0.4, 0.5) is 5.69 Å². The van der Waals surface area contributed by atoms with E-state index in [-0.39, 0.29) is 0 Å². The third-order valence-electron chi connectivity index (χ3n) is 2.47. The average molecular weight is 223 g/mol. The maximum atomic E-state index is 4.10. The molecule has 1 nitrogen and oxygen atoms in total. The molecule has 0 spiro atoms. The Bertz CT molecular complexity index is 490. The van der Waals surface area contributed by atoms with Crippen molar-refractivity contribution in [2.24, 2.45) is 4.99 Å². The lowest BCUT2D eigenvalue weighted by Crippen LogP contribution is -1.85. The molecule has 0 aliphatic rings. The second-order valence-electron chi connectivity index (χ2n) is 3.62. The second kappa shape index (κ2) is 6.44. The monoisotopic (exact) mass is 223 g/mol. The molecule has 0 saturated carbocycles. The number of hydrogen-bond acceptors (Lipinski definition) is 1. The summed E-state index contributed by atoms with van der Waals surface area (Å²) in [4.78, 5) is 4.00. The van der Waals surface area contributed by atoms with Crippen molar-refractivity contribution < 1.29 is 0 Å². The number of benzene rings is 1. The van der Waals surface area contributed by atoms with Crippen molar-refractivity contribution in [1.82, 2.24) is 0 Å². The molecule has 0 radical (unpaired) electrons. The van der Waals surface area contributed by atoms with Crippen molar-refractivity contribution in [3.8, 4) is 0 Å². The van der Waals surface area contributed by atoms with Gasteiger partial charge in [0.1, 0.15) is 0 Å². The zero-order chi connectivity index (χ0) is 12.7. The molecule has 0 aliphatic carbocycles. The molecule has 0 saturated heterocycles. The minimum absolute atomic E-state index is 0.859. The zero-order valence-corrected chi connectivity index (χ0v) is 10.2. The standard InChI is InChI=1S/C16H17N/c1-5-6-7-10-13(2)14(3)15-11-8-9-12-16(15)17-4/h5-12H,1,3-4H2,2H3/b7-6-,13-10+. The number of nitrogens with zero attached hydrogens (tertiary/aromatic N) is 1. The van der Waals surface area contributed by atoms with Crippen LogP contribution >= 0.6 is 0 Å². The molecule has 86 valence electrons. The summed E-state index contributed by atoms with van der Waals surface area (Å²) in [6.07, 6.45) is 7.57. The topological polar surface area (TPSA) is 12.4 Å². The predicted octanol–water partition coefficient (Wildman–Crippen LogP) is 4.72. The molecule has 1 aromatic carbocycles. The van der Waals surface area contributed by atoms with Gasteiger partial charge in [-0.3, -0.25) is 4.99 Å². The van der Waals surface area contributed by atoms with Crippen molar-refractivity contribution in [1.29, 1.82) is 0 Å². The summed E-state index contributed by atoms with van der Waals surface area (Å²) in [6, 6.07) is 7.85. The van der Waals surface area contributed by atoms with E-state index in [1.54, 1.807) is 6.08 Å². The first kappa shape index (κ1) is 12.9. The lowest BCUT2D eigenvalue weighted by atomic mass is 9.99. The van der Waals surface area contributed by atoms with Gasteiger partial charge in [-0.2, -0.15) is 0 Å². The van der Waals surface area contributed by atoms with Crippen molar-refractivity contribution in [2.45, 2.75) is 6.92 Å². The van der Waals surface area contributed by atoms with Gasteiger partial charge in [-0.05, 0) is 30.9 Å². The summed E-state index contributed by atoms with van der Waals surface area (Å²) in [6.45, 7) is 13.3. The van der Waals surface area contributed by atoms with Crippen LogP contribution in [0.3, 0.4) is 0 Å². The van der Waals surface area contributed by atoms with Gasteiger partial charge < -0.3 is 0 Å². The van der Waals surface area contributed by atoms with E-state index in [4.69, 9.17) is 0 Å². The van der Waals surface area contributed by atoms with Gasteiger partial charge in [0.25, 0.3) is 0 Å². The third kappa shape index (κ3) is 3.42. The molecule has 0 N–H and O–H groups in total. The first-order valence-corrected chi connectivity index (χ1v) is 5.42. The number of aliphatic imine (C=N–C) groups is 1. The van der Waals surface area contributed by atoms with Crippen molar-refractivity contribution >= 4 is 18.0 Å². The normalized spacial score (nSPS) is 11.5. The second-order valence-corrected chi connectivity index (χ2v) is 3.62. The average Bonchev–Trinajstić information content (AvgIpc) is 2.38. The highest BCUT2D eigenvalue weighted by molar-refractivity contribution is 5.83. The van der Waals surface area contributed by atoms with E-state index in [0.29, 0.717) is 0 Å². The molecule has 0 atom stereocenters. The fourth-order valence-electron chi connectivity index (χ4n) is 1.46. The maximum absolute atomic E-state index is 4.10. The van der Waals surface area contributed by atoms with E-state index in [0.717, 1.165) is 22.4 Å². The first-order chi connectivity index (χ1) is 8.20. The third-order valence-corrected chi connectivity index (χ3v) is 2.47. The molecule has 0 heterocycles. The number of hydrogen-bond donors (Lipinski definition) is 0. The SMILES string of the molecule is C=C/C=C\C=C(/C)C(=C)c1ccccc1N=C. The largest absolute Gasteiger partial charge is 0.264 e. The molecule has 0 amide bonds. The van der Waals surface area contributed by atoms with E-state index in [2.05, 4.69) is 24.9 Å². The summed E-state index contributed by atoms with van der Waals surface area (Å²) in [5.41, 5.74) is 3.93. The smallest absolute Gasteiger partial charge is 0.0700 e. The van der Waals surface area contributed by atoms with E-state index >= 15 is 0 Å². The Morgan fingerprint density at radius 3 is 2.59 bits per heavy atom. The molecule has 0 aromatic heterocycles. The Morgan fingerprint density at radius 1 is 1.24 bits per heavy atom. The molecule has 0 unspecified atom stereocenters. The van der Waals surface area contributed by atoms with Crippen LogP contribution in [0, 0.1) is 0 Å². The van der Waals surface area contributed by atoms with E-state index in [1.807, 2.05) is 49.4 Å². The quantitative estimate of drug-likeness (QED) is 0.506.